The summed E-state index contributed by atoms with van der Waals surface area (Å²) in [6, 6.07) is 14.2. The Labute approximate surface area is 198 Å². The van der Waals surface area contributed by atoms with Crippen molar-refractivity contribution in [2.75, 3.05) is 24.6 Å². The van der Waals surface area contributed by atoms with Gasteiger partial charge in [0.1, 0.15) is 47.1 Å². The molecule has 1 aromatic carbocycles. The minimum atomic E-state index is -2.60. The second-order valence-electron chi connectivity index (χ2n) is 7.47. The highest BCUT2D eigenvalue weighted by Crippen LogP contribution is 2.40. The highest BCUT2D eigenvalue weighted by atomic mass is 32.2. The Kier molecular flexibility index (Phi) is 7.19. The zero-order chi connectivity index (χ0) is 24.1. The first-order chi connectivity index (χ1) is 16.5. The van der Waals surface area contributed by atoms with Crippen molar-refractivity contribution < 1.29 is 17.9 Å². The van der Waals surface area contributed by atoms with Crippen LogP contribution in [-0.4, -0.2) is 42.3 Å². The molecule has 1 fully saturated rings. The number of nitriles is 2. The van der Waals surface area contributed by atoms with Crippen LogP contribution in [0.15, 0.2) is 53.8 Å². The van der Waals surface area contributed by atoms with E-state index in [0.29, 0.717) is 27.7 Å². The summed E-state index contributed by atoms with van der Waals surface area (Å²) < 4.78 is 43.5. The second kappa shape index (κ2) is 10.4. The zero-order valence-electron chi connectivity index (χ0n) is 17.8. The Morgan fingerprint density at radius 2 is 1.85 bits per heavy atom. The monoisotopic (exact) mass is 481 g/mol. The second-order valence-corrected chi connectivity index (χ2v) is 8.43. The van der Waals surface area contributed by atoms with E-state index in [1.54, 1.807) is 29.4 Å². The summed E-state index contributed by atoms with van der Waals surface area (Å²) in [5, 5.41) is 20.4. The fourth-order valence-electron chi connectivity index (χ4n) is 3.49. The van der Waals surface area contributed by atoms with Gasteiger partial charge in [-0.3, -0.25) is 4.98 Å². The number of anilines is 1. The minimum absolute atomic E-state index is 0.111. The number of pyridine rings is 2. The lowest BCUT2D eigenvalue weighted by atomic mass is 9.95. The summed E-state index contributed by atoms with van der Waals surface area (Å²) >= 11 is 1.32. The first-order valence-electron chi connectivity index (χ1n) is 10.3. The maximum atomic E-state index is 13.6. The molecule has 0 amide bonds. The lowest BCUT2D eigenvalue weighted by Crippen LogP contribution is -2.49. The topological polar surface area (TPSA) is 85.8 Å². The third-order valence-corrected chi connectivity index (χ3v) is 6.17. The van der Waals surface area contributed by atoms with Crippen LogP contribution in [0.5, 0.6) is 5.75 Å². The van der Waals surface area contributed by atoms with Crippen molar-refractivity contribution >= 4 is 17.6 Å². The molecular formula is C24H18F3N5OS. The molecule has 0 N–H and O–H groups in total. The van der Waals surface area contributed by atoms with Crippen LogP contribution in [0.2, 0.25) is 0 Å². The number of benzene rings is 1. The lowest BCUT2D eigenvalue weighted by molar-refractivity contribution is 0.0819. The Bertz CT molecular complexity index is 1240. The van der Waals surface area contributed by atoms with Crippen LogP contribution in [0.4, 0.5) is 19.0 Å². The van der Waals surface area contributed by atoms with Gasteiger partial charge in [-0.15, -0.1) is 11.8 Å². The first kappa shape index (κ1) is 23.4. The van der Waals surface area contributed by atoms with Crippen molar-refractivity contribution in [2.45, 2.75) is 23.4 Å². The normalized spacial score (nSPS) is 13.3. The standard InChI is InChI=1S/C24H18F3N5OS/c25-17-11-32(12-17)23-19(8-28)22(16-3-5-18(6-4-16)33-13-21(26)27)20(9-29)24(31-23)34-14-15-2-1-7-30-10-15/h1-7,10,17,21H,11-14H2. The van der Waals surface area contributed by atoms with Gasteiger partial charge in [0.15, 0.2) is 0 Å². The molecule has 0 saturated carbocycles. The average Bonchev–Trinajstić information content (AvgIpc) is 2.84. The maximum absolute atomic E-state index is 13.6. The number of halogens is 3. The van der Waals surface area contributed by atoms with Gasteiger partial charge in [-0.05, 0) is 29.3 Å². The number of aromatic nitrogens is 2. The number of alkyl halides is 3. The number of hydrogen-bond acceptors (Lipinski definition) is 7. The molecule has 3 aromatic rings. The quantitative estimate of drug-likeness (QED) is 0.420. The molecule has 0 spiro atoms. The Balaban J connectivity index is 1.77. The number of ether oxygens (including phenoxy) is 1. The van der Waals surface area contributed by atoms with Crippen molar-refractivity contribution in [3.63, 3.8) is 0 Å². The molecule has 6 nitrogen and oxygen atoms in total. The molecule has 1 aliphatic rings. The molecule has 1 saturated heterocycles. The fraction of sp³-hybridized carbons (Fsp3) is 0.250. The van der Waals surface area contributed by atoms with Crippen molar-refractivity contribution in [3.8, 4) is 29.0 Å². The number of nitrogens with zero attached hydrogens (tertiary/aromatic N) is 5. The Morgan fingerprint density at radius 3 is 2.44 bits per heavy atom. The van der Waals surface area contributed by atoms with Gasteiger partial charge in [0.25, 0.3) is 6.43 Å². The molecule has 0 unspecified atom stereocenters. The average molecular weight is 482 g/mol. The lowest BCUT2D eigenvalue weighted by Gasteiger charge is -2.36. The number of rotatable bonds is 8. The summed E-state index contributed by atoms with van der Waals surface area (Å²) in [7, 11) is 0. The van der Waals surface area contributed by atoms with Crippen LogP contribution >= 0.6 is 11.8 Å². The Hall–Kier alpha value is -3.76. The number of hydrogen-bond donors (Lipinski definition) is 0. The van der Waals surface area contributed by atoms with Crippen LogP contribution in [0.1, 0.15) is 16.7 Å². The van der Waals surface area contributed by atoms with Crippen molar-refractivity contribution in [1.29, 1.82) is 10.5 Å². The van der Waals surface area contributed by atoms with Crippen LogP contribution in [0.3, 0.4) is 0 Å². The van der Waals surface area contributed by atoms with Crippen LogP contribution in [0.25, 0.3) is 11.1 Å². The van der Waals surface area contributed by atoms with Crippen LogP contribution < -0.4 is 9.64 Å². The van der Waals surface area contributed by atoms with Gasteiger partial charge >= 0.3 is 0 Å². The maximum Gasteiger partial charge on any atom is 0.272 e. The molecule has 0 atom stereocenters. The molecule has 2 aromatic heterocycles. The van der Waals surface area contributed by atoms with Gasteiger partial charge in [0.2, 0.25) is 0 Å². The highest BCUT2D eigenvalue weighted by molar-refractivity contribution is 7.98. The van der Waals surface area contributed by atoms with E-state index < -0.39 is 19.2 Å². The molecule has 0 aliphatic carbocycles. The molecule has 4 rings (SSSR count). The van der Waals surface area contributed by atoms with Crippen molar-refractivity contribution in [1.82, 2.24) is 9.97 Å². The van der Waals surface area contributed by atoms with Gasteiger partial charge in [0, 0.05) is 23.7 Å². The van der Waals surface area contributed by atoms with E-state index in [0.717, 1.165) is 5.56 Å². The van der Waals surface area contributed by atoms with Gasteiger partial charge < -0.3 is 9.64 Å². The van der Waals surface area contributed by atoms with E-state index in [9.17, 15) is 23.7 Å². The molecule has 10 heteroatoms. The van der Waals surface area contributed by atoms with E-state index in [2.05, 4.69) is 22.1 Å². The summed E-state index contributed by atoms with van der Waals surface area (Å²) in [5.74, 6) is 1.05. The van der Waals surface area contributed by atoms with E-state index in [1.807, 2.05) is 12.1 Å². The molecular weight excluding hydrogens is 463 g/mol. The fourth-order valence-corrected chi connectivity index (χ4v) is 4.41. The van der Waals surface area contributed by atoms with Gasteiger partial charge in [-0.25, -0.2) is 18.2 Å². The van der Waals surface area contributed by atoms with Crippen molar-refractivity contribution in [3.05, 3.63) is 65.5 Å². The van der Waals surface area contributed by atoms with Crippen LogP contribution in [-0.2, 0) is 5.75 Å². The summed E-state index contributed by atoms with van der Waals surface area (Å²) in [6.07, 6.45) is -0.235. The highest BCUT2D eigenvalue weighted by Gasteiger charge is 2.32. The molecule has 34 heavy (non-hydrogen) atoms. The van der Waals surface area contributed by atoms with Crippen LogP contribution in [0, 0.1) is 22.7 Å². The molecule has 3 heterocycles. The smallest absolute Gasteiger partial charge is 0.272 e. The third-order valence-electron chi connectivity index (χ3n) is 5.12. The largest absolute Gasteiger partial charge is 0.488 e. The van der Waals surface area contributed by atoms with E-state index in [1.165, 1.54) is 23.9 Å². The molecule has 1 aliphatic heterocycles. The third kappa shape index (κ3) is 5.08. The van der Waals surface area contributed by atoms with Gasteiger partial charge in [-0.2, -0.15) is 10.5 Å². The summed E-state index contributed by atoms with van der Waals surface area (Å²) in [4.78, 5) is 10.3. The molecule has 0 radical (unpaired) electrons. The van der Waals surface area contributed by atoms with Gasteiger partial charge in [-0.1, -0.05) is 18.2 Å². The van der Waals surface area contributed by atoms with Gasteiger partial charge in [0.05, 0.1) is 18.7 Å². The molecule has 172 valence electrons. The SMILES string of the molecule is N#Cc1c(SCc2cccnc2)nc(N2CC(F)C2)c(C#N)c1-c1ccc(OCC(F)F)cc1. The molecule has 0 bridgehead atoms. The predicted molar refractivity (Wildman–Crippen MR) is 122 cm³/mol. The summed E-state index contributed by atoms with van der Waals surface area (Å²) in [5.41, 5.74) is 2.20. The first-order valence-corrected chi connectivity index (χ1v) is 11.3. The Morgan fingerprint density at radius 1 is 1.12 bits per heavy atom. The number of thioether (sulfide) groups is 1. The minimum Gasteiger partial charge on any atom is -0.488 e. The zero-order valence-corrected chi connectivity index (χ0v) is 18.6. The predicted octanol–water partition coefficient (Wildman–Crippen LogP) is 4.98. The summed E-state index contributed by atoms with van der Waals surface area (Å²) in [6.45, 7) is -0.513. The van der Waals surface area contributed by atoms with E-state index >= 15 is 0 Å². The van der Waals surface area contributed by atoms with E-state index in [-0.39, 0.29) is 30.0 Å². The van der Waals surface area contributed by atoms with Crippen molar-refractivity contribution in [2.24, 2.45) is 0 Å². The van der Waals surface area contributed by atoms with E-state index in [4.69, 9.17) is 4.74 Å².